The van der Waals surface area contributed by atoms with E-state index in [0.717, 1.165) is 23.6 Å². The minimum absolute atomic E-state index is 0.117. The van der Waals surface area contributed by atoms with Crippen molar-refractivity contribution in [3.8, 4) is 11.4 Å². The molecule has 0 atom stereocenters. The molecule has 1 aromatic heterocycles. The number of halogens is 1. The van der Waals surface area contributed by atoms with Crippen LogP contribution in [0.3, 0.4) is 0 Å². The third-order valence-corrected chi connectivity index (χ3v) is 4.32. The average Bonchev–Trinajstić information content (AvgIpc) is 3.26. The van der Waals surface area contributed by atoms with Gasteiger partial charge >= 0.3 is 0 Å². The van der Waals surface area contributed by atoms with E-state index in [1.54, 1.807) is 0 Å². The molecular weight excluding hydrogens is 304 g/mol. The van der Waals surface area contributed by atoms with Crippen LogP contribution in [0.1, 0.15) is 36.9 Å². The Balaban J connectivity index is 2.01. The maximum absolute atomic E-state index is 11.8. The Kier molecular flexibility index (Phi) is 3.27. The zero-order chi connectivity index (χ0) is 13.4. The molecule has 0 spiro atoms. The molecule has 3 rings (SSSR count). The van der Waals surface area contributed by atoms with Crippen molar-refractivity contribution in [2.75, 3.05) is 0 Å². The summed E-state index contributed by atoms with van der Waals surface area (Å²) in [4.78, 5) is 19.2. The van der Waals surface area contributed by atoms with E-state index in [1.807, 2.05) is 19.1 Å². The first-order chi connectivity index (χ1) is 9.19. The molecule has 1 N–H and O–H groups in total. The summed E-state index contributed by atoms with van der Waals surface area (Å²) in [5, 5.41) is 0. The van der Waals surface area contributed by atoms with Crippen LogP contribution in [0, 0.1) is 0 Å². The highest BCUT2D eigenvalue weighted by Crippen LogP contribution is 2.40. The normalized spacial score (nSPS) is 14.6. The minimum Gasteiger partial charge on any atom is -0.306 e. The van der Waals surface area contributed by atoms with Crippen molar-refractivity contribution in [1.82, 2.24) is 9.97 Å². The Bertz CT molecular complexity index is 657. The first-order valence-corrected chi connectivity index (χ1v) is 7.37. The molecule has 1 heterocycles. The van der Waals surface area contributed by atoms with Crippen LogP contribution in [-0.4, -0.2) is 9.97 Å². The smallest absolute Gasteiger partial charge is 0.265 e. The Morgan fingerprint density at radius 3 is 2.58 bits per heavy atom. The monoisotopic (exact) mass is 318 g/mol. The Hall–Kier alpha value is -1.42. The summed E-state index contributed by atoms with van der Waals surface area (Å²) in [5.41, 5.74) is 3.03. The first-order valence-electron chi connectivity index (χ1n) is 6.58. The van der Waals surface area contributed by atoms with Gasteiger partial charge in [0.25, 0.3) is 5.56 Å². The molecule has 0 aliphatic heterocycles. The molecule has 19 heavy (non-hydrogen) atoms. The van der Waals surface area contributed by atoms with E-state index in [-0.39, 0.29) is 5.56 Å². The molecule has 0 amide bonds. The highest BCUT2D eigenvalue weighted by molar-refractivity contribution is 9.10. The van der Waals surface area contributed by atoms with Gasteiger partial charge in [0.15, 0.2) is 0 Å². The van der Waals surface area contributed by atoms with Gasteiger partial charge in [0.2, 0.25) is 0 Å². The lowest BCUT2D eigenvalue weighted by Crippen LogP contribution is -2.13. The lowest BCUT2D eigenvalue weighted by atomic mass is 10.1. The van der Waals surface area contributed by atoms with Gasteiger partial charge in [0.1, 0.15) is 10.3 Å². The molecule has 98 valence electrons. The fraction of sp³-hybridized carbons (Fsp3) is 0.333. The number of H-pyrrole nitrogens is 1. The molecule has 1 aromatic carbocycles. The summed E-state index contributed by atoms with van der Waals surface area (Å²) in [6.45, 7) is 1.99. The fourth-order valence-electron chi connectivity index (χ4n) is 2.21. The fourth-order valence-corrected chi connectivity index (χ4v) is 2.67. The standard InChI is InChI=1S/C15H15BrN2O/c1-2-12-13(16)15(19)18-14(17-12)11-7-5-10(6-8-11)9-3-4-9/h5-9H,2-4H2,1H3,(H,17,18,19). The maximum Gasteiger partial charge on any atom is 0.265 e. The topological polar surface area (TPSA) is 45.8 Å². The van der Waals surface area contributed by atoms with Gasteiger partial charge in [0.05, 0.1) is 5.69 Å². The van der Waals surface area contributed by atoms with Crippen molar-refractivity contribution < 1.29 is 0 Å². The summed E-state index contributed by atoms with van der Waals surface area (Å²) < 4.78 is 0.536. The summed E-state index contributed by atoms with van der Waals surface area (Å²) in [7, 11) is 0. The lowest BCUT2D eigenvalue weighted by Gasteiger charge is -2.06. The quantitative estimate of drug-likeness (QED) is 0.939. The highest BCUT2D eigenvalue weighted by Gasteiger charge is 2.23. The van der Waals surface area contributed by atoms with E-state index in [9.17, 15) is 4.79 Å². The molecule has 1 aliphatic rings. The van der Waals surface area contributed by atoms with E-state index in [4.69, 9.17) is 0 Å². The largest absolute Gasteiger partial charge is 0.306 e. The van der Waals surface area contributed by atoms with Crippen molar-refractivity contribution in [3.63, 3.8) is 0 Å². The molecule has 0 unspecified atom stereocenters. The number of rotatable bonds is 3. The lowest BCUT2D eigenvalue weighted by molar-refractivity contribution is 0.970. The van der Waals surface area contributed by atoms with E-state index in [0.29, 0.717) is 10.3 Å². The van der Waals surface area contributed by atoms with Crippen LogP contribution < -0.4 is 5.56 Å². The van der Waals surface area contributed by atoms with Crippen molar-refractivity contribution in [2.45, 2.75) is 32.1 Å². The maximum atomic E-state index is 11.8. The second-order valence-electron chi connectivity index (χ2n) is 4.93. The minimum atomic E-state index is -0.117. The average molecular weight is 319 g/mol. The van der Waals surface area contributed by atoms with Crippen molar-refractivity contribution >= 4 is 15.9 Å². The Morgan fingerprint density at radius 1 is 1.32 bits per heavy atom. The number of benzene rings is 1. The van der Waals surface area contributed by atoms with Gasteiger partial charge in [-0.25, -0.2) is 4.98 Å². The van der Waals surface area contributed by atoms with E-state index < -0.39 is 0 Å². The van der Waals surface area contributed by atoms with Crippen molar-refractivity contribution in [3.05, 3.63) is 50.3 Å². The molecule has 2 aromatic rings. The molecule has 3 nitrogen and oxygen atoms in total. The summed E-state index contributed by atoms with van der Waals surface area (Å²) >= 11 is 3.28. The molecule has 1 fully saturated rings. The van der Waals surface area contributed by atoms with Gasteiger partial charge in [-0.05, 0) is 46.7 Å². The number of hydrogen-bond donors (Lipinski definition) is 1. The number of aromatic amines is 1. The van der Waals surface area contributed by atoms with Crippen LogP contribution in [0.4, 0.5) is 0 Å². The van der Waals surface area contributed by atoms with Crippen LogP contribution in [0.2, 0.25) is 0 Å². The molecule has 1 aliphatic carbocycles. The molecule has 0 saturated heterocycles. The SMILES string of the molecule is CCc1nc(-c2ccc(C3CC3)cc2)[nH]c(=O)c1Br. The molecule has 0 radical (unpaired) electrons. The number of nitrogens with zero attached hydrogens (tertiary/aromatic N) is 1. The summed E-state index contributed by atoms with van der Waals surface area (Å²) in [6.07, 6.45) is 3.33. The number of aromatic nitrogens is 2. The van der Waals surface area contributed by atoms with Crippen molar-refractivity contribution in [2.24, 2.45) is 0 Å². The van der Waals surface area contributed by atoms with Crippen LogP contribution in [0.15, 0.2) is 33.5 Å². The summed E-state index contributed by atoms with van der Waals surface area (Å²) in [6, 6.07) is 8.36. The van der Waals surface area contributed by atoms with E-state index >= 15 is 0 Å². The van der Waals surface area contributed by atoms with E-state index in [1.165, 1.54) is 18.4 Å². The van der Waals surface area contributed by atoms with Crippen LogP contribution in [0.25, 0.3) is 11.4 Å². The number of hydrogen-bond acceptors (Lipinski definition) is 2. The molecule has 1 saturated carbocycles. The van der Waals surface area contributed by atoms with Gasteiger partial charge in [-0.15, -0.1) is 0 Å². The van der Waals surface area contributed by atoms with Crippen LogP contribution >= 0.6 is 15.9 Å². The second kappa shape index (κ2) is 4.93. The highest BCUT2D eigenvalue weighted by atomic mass is 79.9. The van der Waals surface area contributed by atoms with Gasteiger partial charge in [-0.3, -0.25) is 4.79 Å². The zero-order valence-corrected chi connectivity index (χ0v) is 12.3. The Labute approximate surface area is 120 Å². The van der Waals surface area contributed by atoms with Gasteiger partial charge in [-0.1, -0.05) is 31.2 Å². The summed E-state index contributed by atoms with van der Waals surface area (Å²) in [5.74, 6) is 1.39. The van der Waals surface area contributed by atoms with Crippen LogP contribution in [-0.2, 0) is 6.42 Å². The van der Waals surface area contributed by atoms with Gasteiger partial charge in [-0.2, -0.15) is 0 Å². The second-order valence-corrected chi connectivity index (χ2v) is 5.72. The van der Waals surface area contributed by atoms with E-state index in [2.05, 4.69) is 38.0 Å². The van der Waals surface area contributed by atoms with Crippen LogP contribution in [0.5, 0.6) is 0 Å². The molecule has 0 bridgehead atoms. The van der Waals surface area contributed by atoms with Gasteiger partial charge in [0, 0.05) is 5.56 Å². The first kappa shape index (κ1) is 12.6. The third-order valence-electron chi connectivity index (χ3n) is 3.50. The zero-order valence-electron chi connectivity index (χ0n) is 10.7. The Morgan fingerprint density at radius 2 is 2.00 bits per heavy atom. The number of nitrogens with one attached hydrogen (secondary N) is 1. The predicted octanol–water partition coefficient (Wildman–Crippen LogP) is 3.64. The van der Waals surface area contributed by atoms with Crippen molar-refractivity contribution in [1.29, 1.82) is 0 Å². The molecule has 4 heteroatoms. The number of aryl methyl sites for hydroxylation is 1. The third kappa shape index (κ3) is 2.50. The predicted molar refractivity (Wildman–Crippen MR) is 79.3 cm³/mol. The molecular formula is C15H15BrN2O. The van der Waals surface area contributed by atoms with Gasteiger partial charge < -0.3 is 4.98 Å².